The van der Waals surface area contributed by atoms with Gasteiger partial charge in [0.2, 0.25) is 0 Å². The fourth-order valence-electron chi connectivity index (χ4n) is 1.47. The van der Waals surface area contributed by atoms with Crippen molar-refractivity contribution in [2.24, 2.45) is 0 Å². The third kappa shape index (κ3) is 2.93. The first-order valence-corrected chi connectivity index (χ1v) is 5.51. The maximum Gasteiger partial charge on any atom is 0.321 e. The molecule has 0 radical (unpaired) electrons. The lowest BCUT2D eigenvalue weighted by Crippen LogP contribution is -2.35. The summed E-state index contributed by atoms with van der Waals surface area (Å²) < 4.78 is 27.0. The van der Waals surface area contributed by atoms with Gasteiger partial charge >= 0.3 is 6.03 Å². The van der Waals surface area contributed by atoms with Crippen LogP contribution in [0.5, 0.6) is 0 Å². The second kappa shape index (κ2) is 5.61. The van der Waals surface area contributed by atoms with Crippen LogP contribution < -0.4 is 5.32 Å². The lowest BCUT2D eigenvalue weighted by atomic mass is 10.2. The molecule has 0 heterocycles. The first-order chi connectivity index (χ1) is 8.01. The second-order valence-corrected chi connectivity index (χ2v) is 3.66. The fourth-order valence-corrected chi connectivity index (χ4v) is 1.47. The van der Waals surface area contributed by atoms with Crippen LogP contribution in [-0.4, -0.2) is 24.0 Å². The lowest BCUT2D eigenvalue weighted by Gasteiger charge is -2.19. The molecule has 1 rings (SSSR count). The number of carbonyl (C=O) groups is 1. The van der Waals surface area contributed by atoms with Crippen molar-refractivity contribution in [3.05, 3.63) is 29.3 Å². The minimum atomic E-state index is -0.770. The number of nitrogens with zero attached hydrogens (tertiary/aromatic N) is 1. The highest BCUT2D eigenvalue weighted by molar-refractivity contribution is 5.89. The van der Waals surface area contributed by atoms with Crippen LogP contribution in [0.2, 0.25) is 0 Å². The van der Waals surface area contributed by atoms with E-state index < -0.39 is 17.7 Å². The van der Waals surface area contributed by atoms with E-state index in [1.807, 2.05) is 0 Å². The number of urea groups is 1. The number of benzene rings is 1. The maximum absolute atomic E-state index is 13.6. The van der Waals surface area contributed by atoms with Crippen molar-refractivity contribution in [3.8, 4) is 0 Å². The lowest BCUT2D eigenvalue weighted by molar-refractivity contribution is 0.217. The number of aryl methyl sites for hydroxylation is 1. The highest BCUT2D eigenvalue weighted by Crippen LogP contribution is 2.21. The van der Waals surface area contributed by atoms with Gasteiger partial charge < -0.3 is 10.2 Å². The van der Waals surface area contributed by atoms with Crippen LogP contribution in [0.15, 0.2) is 12.1 Å². The Labute approximate surface area is 99.4 Å². The Morgan fingerprint density at radius 3 is 2.41 bits per heavy atom. The Hall–Kier alpha value is -1.65. The third-order valence-electron chi connectivity index (χ3n) is 2.57. The van der Waals surface area contributed by atoms with E-state index in [1.165, 1.54) is 17.9 Å². The van der Waals surface area contributed by atoms with Crippen molar-refractivity contribution >= 4 is 11.7 Å². The molecule has 1 aromatic rings. The van der Waals surface area contributed by atoms with E-state index >= 15 is 0 Å². The van der Waals surface area contributed by atoms with Crippen molar-refractivity contribution in [3.63, 3.8) is 0 Å². The van der Waals surface area contributed by atoms with E-state index in [2.05, 4.69) is 5.32 Å². The molecule has 1 N–H and O–H groups in total. The second-order valence-electron chi connectivity index (χ2n) is 3.66. The van der Waals surface area contributed by atoms with Gasteiger partial charge in [0.1, 0.15) is 11.5 Å². The molecule has 5 heteroatoms. The highest BCUT2D eigenvalue weighted by atomic mass is 19.1. The van der Waals surface area contributed by atoms with E-state index in [4.69, 9.17) is 0 Å². The molecule has 17 heavy (non-hydrogen) atoms. The van der Waals surface area contributed by atoms with Crippen LogP contribution in [0.25, 0.3) is 0 Å². The molecule has 0 aliphatic heterocycles. The normalized spacial score (nSPS) is 10.2. The number of rotatable bonds is 3. The van der Waals surface area contributed by atoms with E-state index in [9.17, 15) is 13.6 Å². The fraction of sp³-hybridized carbons (Fsp3) is 0.417. The van der Waals surface area contributed by atoms with Crippen LogP contribution >= 0.6 is 0 Å². The van der Waals surface area contributed by atoms with Gasteiger partial charge in [-0.2, -0.15) is 0 Å². The number of carbonyl (C=O) groups excluding carboxylic acids is 1. The first kappa shape index (κ1) is 13.4. The van der Waals surface area contributed by atoms with Gasteiger partial charge in [0, 0.05) is 13.1 Å². The summed E-state index contributed by atoms with van der Waals surface area (Å²) in [6.07, 6.45) is 0. The molecule has 94 valence electrons. The molecule has 0 aliphatic carbocycles. The van der Waals surface area contributed by atoms with E-state index in [1.54, 1.807) is 13.8 Å². The molecule has 0 bridgehead atoms. The Bertz CT molecular complexity index is 417. The van der Waals surface area contributed by atoms with Crippen molar-refractivity contribution in [1.82, 2.24) is 4.90 Å². The summed E-state index contributed by atoms with van der Waals surface area (Å²) in [5.74, 6) is -1.50. The molecule has 0 spiro atoms. The molecule has 0 saturated carbocycles. The van der Waals surface area contributed by atoms with Crippen LogP contribution in [-0.2, 0) is 0 Å². The van der Waals surface area contributed by atoms with Gasteiger partial charge in [-0.25, -0.2) is 13.6 Å². The predicted molar refractivity (Wildman–Crippen MR) is 63.0 cm³/mol. The van der Waals surface area contributed by atoms with Gasteiger partial charge in [0.05, 0.1) is 0 Å². The van der Waals surface area contributed by atoms with Crippen molar-refractivity contribution in [2.45, 2.75) is 20.8 Å². The summed E-state index contributed by atoms with van der Waals surface area (Å²) in [6.45, 7) is 6.08. The average molecular weight is 242 g/mol. The summed E-state index contributed by atoms with van der Waals surface area (Å²) in [4.78, 5) is 13.1. The molecule has 0 atom stereocenters. The van der Waals surface area contributed by atoms with E-state index in [0.717, 1.165) is 6.07 Å². The molecule has 0 aromatic heterocycles. The van der Waals surface area contributed by atoms with Crippen LogP contribution in [0.3, 0.4) is 0 Å². The first-order valence-electron chi connectivity index (χ1n) is 5.51. The molecular weight excluding hydrogens is 226 g/mol. The largest absolute Gasteiger partial charge is 0.325 e. The SMILES string of the molecule is CCN(CC)C(=O)Nc1c(F)ccc(C)c1F. The Kier molecular flexibility index (Phi) is 4.43. The van der Waals surface area contributed by atoms with Crippen LogP contribution in [0.1, 0.15) is 19.4 Å². The molecular formula is C12H16F2N2O. The Morgan fingerprint density at radius 1 is 1.29 bits per heavy atom. The number of hydrogen-bond donors (Lipinski definition) is 1. The van der Waals surface area contributed by atoms with E-state index in [0.29, 0.717) is 18.7 Å². The summed E-state index contributed by atoms with van der Waals surface area (Å²) in [7, 11) is 0. The van der Waals surface area contributed by atoms with Gasteiger partial charge in [0.25, 0.3) is 0 Å². The maximum atomic E-state index is 13.6. The number of amides is 2. The standard InChI is InChI=1S/C12H16F2N2O/c1-4-16(5-2)12(17)15-11-9(13)7-6-8(3)10(11)14/h6-7H,4-5H2,1-3H3,(H,15,17). The molecule has 1 aromatic carbocycles. The zero-order chi connectivity index (χ0) is 13.0. The monoisotopic (exact) mass is 242 g/mol. The number of anilines is 1. The van der Waals surface area contributed by atoms with Gasteiger partial charge in [-0.05, 0) is 32.4 Å². The highest BCUT2D eigenvalue weighted by Gasteiger charge is 2.16. The average Bonchev–Trinajstić information content (AvgIpc) is 2.31. The molecule has 2 amide bonds. The summed E-state index contributed by atoms with van der Waals surface area (Å²) in [6, 6.07) is 1.96. The van der Waals surface area contributed by atoms with Crippen molar-refractivity contribution < 1.29 is 13.6 Å². The predicted octanol–water partition coefficient (Wildman–Crippen LogP) is 3.15. The van der Waals surface area contributed by atoms with E-state index in [-0.39, 0.29) is 5.69 Å². The van der Waals surface area contributed by atoms with Gasteiger partial charge in [-0.1, -0.05) is 6.07 Å². The van der Waals surface area contributed by atoms with Gasteiger partial charge in [0.15, 0.2) is 5.82 Å². The zero-order valence-electron chi connectivity index (χ0n) is 10.2. The quantitative estimate of drug-likeness (QED) is 0.867. The summed E-state index contributed by atoms with van der Waals surface area (Å²) in [5.41, 5.74) is -0.0943. The van der Waals surface area contributed by atoms with Crippen LogP contribution in [0, 0.1) is 18.6 Å². The van der Waals surface area contributed by atoms with Crippen molar-refractivity contribution in [1.29, 1.82) is 0 Å². The Morgan fingerprint density at radius 2 is 1.88 bits per heavy atom. The minimum Gasteiger partial charge on any atom is -0.325 e. The van der Waals surface area contributed by atoms with Gasteiger partial charge in [-0.3, -0.25) is 0 Å². The Balaban J connectivity index is 2.95. The molecule has 3 nitrogen and oxygen atoms in total. The number of halogens is 2. The molecule has 0 saturated heterocycles. The minimum absolute atomic E-state index is 0.293. The van der Waals surface area contributed by atoms with Crippen molar-refractivity contribution in [2.75, 3.05) is 18.4 Å². The van der Waals surface area contributed by atoms with Gasteiger partial charge in [-0.15, -0.1) is 0 Å². The number of hydrogen-bond acceptors (Lipinski definition) is 1. The smallest absolute Gasteiger partial charge is 0.321 e. The summed E-state index contributed by atoms with van der Waals surface area (Å²) in [5, 5.41) is 2.26. The summed E-state index contributed by atoms with van der Waals surface area (Å²) >= 11 is 0. The molecule has 0 unspecified atom stereocenters. The third-order valence-corrected chi connectivity index (χ3v) is 2.57. The molecule has 0 fully saturated rings. The zero-order valence-corrected chi connectivity index (χ0v) is 10.2. The number of nitrogens with one attached hydrogen (secondary N) is 1. The topological polar surface area (TPSA) is 32.3 Å². The van der Waals surface area contributed by atoms with Crippen LogP contribution in [0.4, 0.5) is 19.3 Å². The molecule has 0 aliphatic rings.